The third kappa shape index (κ3) is 3.58. The molecule has 0 radical (unpaired) electrons. The molecule has 0 spiro atoms. The zero-order valence-electron chi connectivity index (χ0n) is 12.0. The second kappa shape index (κ2) is 7.17. The van der Waals surface area contributed by atoms with Crippen molar-refractivity contribution >= 4 is 17.7 Å². The van der Waals surface area contributed by atoms with Gasteiger partial charge in [-0.3, -0.25) is 14.4 Å². The fraction of sp³-hybridized carbons (Fsp3) is 0.118. The summed E-state index contributed by atoms with van der Waals surface area (Å²) in [7, 11) is 1.24. The lowest BCUT2D eigenvalue weighted by atomic mass is 9.98. The van der Waals surface area contributed by atoms with Crippen LogP contribution in [-0.2, 0) is 9.53 Å². The van der Waals surface area contributed by atoms with Gasteiger partial charge in [-0.1, -0.05) is 48.5 Å². The molecule has 5 heteroatoms. The number of ether oxygens (including phenoxy) is 1. The van der Waals surface area contributed by atoms with Gasteiger partial charge in [-0.25, -0.2) is 0 Å². The summed E-state index contributed by atoms with van der Waals surface area (Å²) < 4.78 is 4.46. The van der Waals surface area contributed by atoms with Crippen LogP contribution in [0.5, 0.6) is 0 Å². The number of benzene rings is 2. The van der Waals surface area contributed by atoms with Crippen LogP contribution in [0.3, 0.4) is 0 Å². The maximum absolute atomic E-state index is 12.5. The predicted octanol–water partition coefficient (Wildman–Crippen LogP) is 1.82. The van der Waals surface area contributed by atoms with E-state index >= 15 is 0 Å². The second-order valence-electron chi connectivity index (χ2n) is 4.50. The average molecular weight is 297 g/mol. The normalized spacial score (nSPS) is 9.86. The SMILES string of the molecule is COC(=O)CNC(=O)c1ccccc1C(=O)c1ccccc1. The van der Waals surface area contributed by atoms with Crippen molar-refractivity contribution < 1.29 is 19.1 Å². The molecule has 0 atom stereocenters. The Balaban J connectivity index is 2.25. The van der Waals surface area contributed by atoms with Crippen LogP contribution >= 0.6 is 0 Å². The average Bonchev–Trinajstić information content (AvgIpc) is 2.59. The second-order valence-corrected chi connectivity index (χ2v) is 4.50. The van der Waals surface area contributed by atoms with Gasteiger partial charge in [-0.15, -0.1) is 0 Å². The standard InChI is InChI=1S/C17H15NO4/c1-22-15(19)11-18-17(21)14-10-6-5-9-13(14)16(20)12-7-3-2-4-8-12/h2-10H,11H2,1H3,(H,18,21). The third-order valence-corrected chi connectivity index (χ3v) is 3.07. The number of rotatable bonds is 5. The summed E-state index contributed by atoms with van der Waals surface area (Å²) in [6.07, 6.45) is 0. The molecule has 2 aromatic rings. The lowest BCUT2D eigenvalue weighted by Gasteiger charge is -2.09. The molecule has 0 aliphatic heterocycles. The first kappa shape index (κ1) is 15.4. The fourth-order valence-electron chi connectivity index (χ4n) is 1.94. The number of amides is 1. The summed E-state index contributed by atoms with van der Waals surface area (Å²) in [6.45, 7) is -0.247. The minimum atomic E-state index is -0.555. The molecule has 0 aliphatic carbocycles. The van der Waals surface area contributed by atoms with E-state index in [4.69, 9.17) is 0 Å². The van der Waals surface area contributed by atoms with Gasteiger partial charge in [0.1, 0.15) is 6.54 Å². The largest absolute Gasteiger partial charge is 0.468 e. The summed E-state index contributed by atoms with van der Waals surface area (Å²) in [4.78, 5) is 35.7. The Hall–Kier alpha value is -2.95. The molecule has 22 heavy (non-hydrogen) atoms. The highest BCUT2D eigenvalue weighted by Crippen LogP contribution is 2.14. The molecule has 1 N–H and O–H groups in total. The van der Waals surface area contributed by atoms with E-state index in [-0.39, 0.29) is 23.5 Å². The molecule has 0 saturated heterocycles. The Morgan fingerprint density at radius 2 is 1.50 bits per heavy atom. The van der Waals surface area contributed by atoms with E-state index in [1.807, 2.05) is 6.07 Å². The minimum Gasteiger partial charge on any atom is -0.468 e. The van der Waals surface area contributed by atoms with Gasteiger partial charge in [0.2, 0.25) is 0 Å². The highest BCUT2D eigenvalue weighted by molar-refractivity contribution is 6.15. The van der Waals surface area contributed by atoms with Crippen molar-refractivity contribution in [3.05, 3.63) is 71.3 Å². The van der Waals surface area contributed by atoms with E-state index < -0.39 is 11.9 Å². The van der Waals surface area contributed by atoms with E-state index in [0.717, 1.165) is 0 Å². The van der Waals surface area contributed by atoms with Gasteiger partial charge in [0.15, 0.2) is 5.78 Å². The summed E-state index contributed by atoms with van der Waals surface area (Å²) >= 11 is 0. The number of methoxy groups -OCH3 is 1. The number of hydrogen-bond donors (Lipinski definition) is 1. The zero-order chi connectivity index (χ0) is 15.9. The van der Waals surface area contributed by atoms with E-state index in [1.54, 1.807) is 48.5 Å². The first-order valence-electron chi connectivity index (χ1n) is 6.67. The molecule has 2 rings (SSSR count). The van der Waals surface area contributed by atoms with Crippen molar-refractivity contribution in [2.45, 2.75) is 0 Å². The molecule has 0 unspecified atom stereocenters. The fourth-order valence-corrected chi connectivity index (χ4v) is 1.94. The maximum atomic E-state index is 12.5. The van der Waals surface area contributed by atoms with Crippen LogP contribution in [-0.4, -0.2) is 31.3 Å². The van der Waals surface area contributed by atoms with Crippen molar-refractivity contribution in [1.82, 2.24) is 5.32 Å². The summed E-state index contributed by atoms with van der Waals surface area (Å²) in [5, 5.41) is 2.43. The van der Waals surface area contributed by atoms with Gasteiger partial charge in [0.05, 0.1) is 12.7 Å². The molecule has 5 nitrogen and oxygen atoms in total. The quantitative estimate of drug-likeness (QED) is 0.675. The topological polar surface area (TPSA) is 72.5 Å². The monoisotopic (exact) mass is 297 g/mol. The van der Waals surface area contributed by atoms with Crippen LogP contribution < -0.4 is 5.32 Å². The zero-order valence-corrected chi connectivity index (χ0v) is 12.0. The van der Waals surface area contributed by atoms with Gasteiger partial charge in [-0.05, 0) is 6.07 Å². The highest BCUT2D eigenvalue weighted by atomic mass is 16.5. The molecule has 112 valence electrons. The lowest BCUT2D eigenvalue weighted by molar-refractivity contribution is -0.139. The molecule has 0 aromatic heterocycles. The lowest BCUT2D eigenvalue weighted by Crippen LogP contribution is -2.31. The Kier molecular flexibility index (Phi) is 5.03. The smallest absolute Gasteiger partial charge is 0.325 e. The summed E-state index contributed by atoms with van der Waals surface area (Å²) in [6, 6.07) is 15.2. The van der Waals surface area contributed by atoms with E-state index in [0.29, 0.717) is 5.56 Å². The van der Waals surface area contributed by atoms with Crippen LogP contribution in [0.2, 0.25) is 0 Å². The van der Waals surface area contributed by atoms with Gasteiger partial charge >= 0.3 is 5.97 Å². The first-order valence-corrected chi connectivity index (χ1v) is 6.67. The third-order valence-electron chi connectivity index (χ3n) is 3.07. The molecule has 0 aliphatic rings. The van der Waals surface area contributed by atoms with E-state index in [1.165, 1.54) is 7.11 Å². The number of carbonyl (C=O) groups excluding carboxylic acids is 3. The van der Waals surface area contributed by atoms with Crippen LogP contribution in [0.15, 0.2) is 54.6 Å². The molecular formula is C17H15NO4. The molecule has 0 bridgehead atoms. The summed E-state index contributed by atoms with van der Waals surface area (Å²) in [5.74, 6) is -1.30. The number of esters is 1. The molecule has 0 saturated carbocycles. The molecule has 1 amide bonds. The molecule has 0 fully saturated rings. The minimum absolute atomic E-state index is 0.222. The van der Waals surface area contributed by atoms with Crippen LogP contribution in [0.25, 0.3) is 0 Å². The van der Waals surface area contributed by atoms with Crippen molar-refractivity contribution in [1.29, 1.82) is 0 Å². The van der Waals surface area contributed by atoms with Crippen LogP contribution in [0.1, 0.15) is 26.3 Å². The van der Waals surface area contributed by atoms with Crippen LogP contribution in [0.4, 0.5) is 0 Å². The van der Waals surface area contributed by atoms with Gasteiger partial charge in [0, 0.05) is 11.1 Å². The molecule has 0 heterocycles. The number of carbonyl (C=O) groups is 3. The number of ketones is 1. The first-order chi connectivity index (χ1) is 10.6. The van der Waals surface area contributed by atoms with Crippen molar-refractivity contribution in [2.75, 3.05) is 13.7 Å². The number of hydrogen-bond acceptors (Lipinski definition) is 4. The molecular weight excluding hydrogens is 282 g/mol. The highest BCUT2D eigenvalue weighted by Gasteiger charge is 2.18. The van der Waals surface area contributed by atoms with E-state index in [9.17, 15) is 14.4 Å². The Bertz CT molecular complexity index is 695. The van der Waals surface area contributed by atoms with Gasteiger partial charge in [-0.2, -0.15) is 0 Å². The summed E-state index contributed by atoms with van der Waals surface area (Å²) in [5.41, 5.74) is 1.01. The Labute approximate surface area is 127 Å². The van der Waals surface area contributed by atoms with Crippen molar-refractivity contribution in [2.24, 2.45) is 0 Å². The predicted molar refractivity (Wildman–Crippen MR) is 80.7 cm³/mol. The van der Waals surface area contributed by atoms with E-state index in [2.05, 4.69) is 10.1 Å². The van der Waals surface area contributed by atoms with Gasteiger partial charge < -0.3 is 10.1 Å². The van der Waals surface area contributed by atoms with Crippen molar-refractivity contribution in [3.63, 3.8) is 0 Å². The molecule has 2 aromatic carbocycles. The van der Waals surface area contributed by atoms with Crippen molar-refractivity contribution in [3.8, 4) is 0 Å². The van der Waals surface area contributed by atoms with Crippen LogP contribution in [0, 0.1) is 0 Å². The number of nitrogens with one attached hydrogen (secondary N) is 1. The Morgan fingerprint density at radius 1 is 0.909 bits per heavy atom. The maximum Gasteiger partial charge on any atom is 0.325 e. The van der Waals surface area contributed by atoms with Gasteiger partial charge in [0.25, 0.3) is 5.91 Å². The Morgan fingerprint density at radius 3 is 2.14 bits per heavy atom.